The van der Waals surface area contributed by atoms with Crippen LogP contribution in [0.15, 0.2) is 29.1 Å². The highest BCUT2D eigenvalue weighted by Crippen LogP contribution is 2.31. The Morgan fingerprint density at radius 2 is 2.28 bits per heavy atom. The maximum absolute atomic E-state index is 6.23. The summed E-state index contributed by atoms with van der Waals surface area (Å²) in [4.78, 5) is 4.02. The van der Waals surface area contributed by atoms with Crippen molar-refractivity contribution in [2.45, 2.75) is 13.0 Å². The first-order chi connectivity index (χ1) is 8.65. The molecular formula is C12H14BrClN4. The van der Waals surface area contributed by atoms with Crippen molar-refractivity contribution < 1.29 is 0 Å². The van der Waals surface area contributed by atoms with Gasteiger partial charge in [0, 0.05) is 19.4 Å². The second-order valence-electron chi connectivity index (χ2n) is 3.89. The van der Waals surface area contributed by atoms with Gasteiger partial charge in [-0.1, -0.05) is 18.5 Å². The third kappa shape index (κ3) is 2.58. The van der Waals surface area contributed by atoms with Crippen LogP contribution in [0.5, 0.6) is 0 Å². The Balaban J connectivity index is 2.50. The lowest BCUT2D eigenvalue weighted by molar-refractivity contribution is 0.570. The van der Waals surface area contributed by atoms with E-state index in [4.69, 9.17) is 11.6 Å². The van der Waals surface area contributed by atoms with E-state index in [-0.39, 0.29) is 6.04 Å². The largest absolute Gasteiger partial charge is 0.305 e. The van der Waals surface area contributed by atoms with Gasteiger partial charge in [0.1, 0.15) is 0 Å². The van der Waals surface area contributed by atoms with Crippen molar-refractivity contribution >= 4 is 27.5 Å². The molecule has 0 aliphatic rings. The van der Waals surface area contributed by atoms with Crippen molar-refractivity contribution in [3.8, 4) is 0 Å². The van der Waals surface area contributed by atoms with E-state index in [2.05, 4.69) is 38.3 Å². The summed E-state index contributed by atoms with van der Waals surface area (Å²) >= 11 is 9.76. The normalized spacial score (nSPS) is 12.7. The van der Waals surface area contributed by atoms with Gasteiger partial charge in [-0.3, -0.25) is 9.67 Å². The van der Waals surface area contributed by atoms with E-state index in [0.29, 0.717) is 5.02 Å². The summed E-state index contributed by atoms with van der Waals surface area (Å²) < 4.78 is 2.80. The number of nitrogens with one attached hydrogen (secondary N) is 1. The van der Waals surface area contributed by atoms with Crippen LogP contribution in [-0.2, 0) is 7.05 Å². The monoisotopic (exact) mass is 328 g/mol. The van der Waals surface area contributed by atoms with Crippen molar-refractivity contribution in [2.24, 2.45) is 7.05 Å². The Bertz CT molecular complexity index is 521. The zero-order chi connectivity index (χ0) is 13.1. The van der Waals surface area contributed by atoms with Crippen LogP contribution in [0.2, 0.25) is 5.02 Å². The molecule has 4 nitrogen and oxygen atoms in total. The lowest BCUT2D eigenvalue weighted by Gasteiger charge is -2.20. The molecule has 0 fully saturated rings. The van der Waals surface area contributed by atoms with Gasteiger partial charge in [-0.2, -0.15) is 5.10 Å². The van der Waals surface area contributed by atoms with Gasteiger partial charge in [-0.15, -0.1) is 0 Å². The van der Waals surface area contributed by atoms with Gasteiger partial charge in [0.2, 0.25) is 0 Å². The van der Waals surface area contributed by atoms with E-state index in [1.165, 1.54) is 0 Å². The summed E-state index contributed by atoms with van der Waals surface area (Å²) in [6.07, 6.45) is 5.19. The van der Waals surface area contributed by atoms with Crippen LogP contribution in [0.25, 0.3) is 0 Å². The smallest absolute Gasteiger partial charge is 0.0775 e. The molecule has 2 aromatic rings. The Labute approximate surface area is 119 Å². The summed E-state index contributed by atoms with van der Waals surface area (Å²) in [6, 6.07) is 1.92. The van der Waals surface area contributed by atoms with E-state index < -0.39 is 0 Å². The lowest BCUT2D eigenvalue weighted by atomic mass is 10.1. The number of aromatic nitrogens is 3. The molecule has 0 aromatic carbocycles. The molecule has 0 aliphatic heterocycles. The standard InChI is InChI=1S/C12H14BrClN4/c1-3-16-11(8-4-5-15-7-10(8)14)12-9(13)6-17-18(12)2/h4-7,11,16H,3H2,1-2H3. The number of hydrogen-bond acceptors (Lipinski definition) is 3. The Morgan fingerprint density at radius 1 is 1.50 bits per heavy atom. The first-order valence-corrected chi connectivity index (χ1v) is 6.82. The molecule has 2 aromatic heterocycles. The van der Waals surface area contributed by atoms with Crippen molar-refractivity contribution in [2.75, 3.05) is 6.54 Å². The van der Waals surface area contributed by atoms with Gasteiger partial charge in [0.15, 0.2) is 0 Å². The minimum Gasteiger partial charge on any atom is -0.305 e. The van der Waals surface area contributed by atoms with Crippen LogP contribution >= 0.6 is 27.5 Å². The lowest BCUT2D eigenvalue weighted by Crippen LogP contribution is -2.25. The molecule has 0 saturated heterocycles. The molecule has 0 bridgehead atoms. The molecule has 96 valence electrons. The van der Waals surface area contributed by atoms with Crippen molar-refractivity contribution in [1.29, 1.82) is 0 Å². The number of pyridine rings is 1. The van der Waals surface area contributed by atoms with Crippen LogP contribution in [0, 0.1) is 0 Å². The zero-order valence-electron chi connectivity index (χ0n) is 10.2. The minimum atomic E-state index is -0.00706. The first kappa shape index (κ1) is 13.5. The third-order valence-corrected chi connectivity index (χ3v) is 3.66. The summed E-state index contributed by atoms with van der Waals surface area (Å²) in [6.45, 7) is 2.90. The van der Waals surface area contributed by atoms with Crippen molar-refractivity contribution in [3.05, 3.63) is 45.4 Å². The quantitative estimate of drug-likeness (QED) is 0.938. The molecule has 0 spiro atoms. The van der Waals surface area contributed by atoms with E-state index in [0.717, 1.165) is 22.3 Å². The van der Waals surface area contributed by atoms with E-state index in [1.807, 2.05) is 17.8 Å². The predicted octanol–water partition coefficient (Wildman–Crippen LogP) is 2.93. The van der Waals surface area contributed by atoms with Crippen LogP contribution in [0.1, 0.15) is 24.2 Å². The number of aryl methyl sites for hydroxylation is 1. The molecule has 0 amide bonds. The molecule has 18 heavy (non-hydrogen) atoms. The highest BCUT2D eigenvalue weighted by molar-refractivity contribution is 9.10. The minimum absolute atomic E-state index is 0.00706. The Hall–Kier alpha value is -0.910. The van der Waals surface area contributed by atoms with Gasteiger partial charge in [0.25, 0.3) is 0 Å². The number of hydrogen-bond donors (Lipinski definition) is 1. The number of rotatable bonds is 4. The molecule has 2 heterocycles. The summed E-state index contributed by atoms with van der Waals surface area (Å²) in [5.74, 6) is 0. The summed E-state index contributed by atoms with van der Waals surface area (Å²) in [5, 5.41) is 8.32. The SMILES string of the molecule is CCNC(c1ccncc1Cl)c1c(Br)cnn1C. The van der Waals surface area contributed by atoms with E-state index in [1.54, 1.807) is 18.6 Å². The molecular weight excluding hydrogens is 316 g/mol. The van der Waals surface area contributed by atoms with Crippen LogP contribution in [-0.4, -0.2) is 21.3 Å². The maximum atomic E-state index is 6.23. The Kier molecular flexibility index (Phi) is 4.37. The average Bonchev–Trinajstić information content (AvgIpc) is 2.68. The van der Waals surface area contributed by atoms with Gasteiger partial charge in [0.05, 0.1) is 27.4 Å². The maximum Gasteiger partial charge on any atom is 0.0775 e. The molecule has 0 radical (unpaired) electrons. The van der Waals surface area contributed by atoms with Gasteiger partial charge in [-0.05, 0) is 34.1 Å². The molecule has 1 atom stereocenters. The molecule has 0 aliphatic carbocycles. The van der Waals surface area contributed by atoms with E-state index >= 15 is 0 Å². The fraction of sp³-hybridized carbons (Fsp3) is 0.333. The summed E-state index contributed by atoms with van der Waals surface area (Å²) in [7, 11) is 1.92. The zero-order valence-corrected chi connectivity index (χ0v) is 12.5. The Morgan fingerprint density at radius 3 is 2.83 bits per heavy atom. The molecule has 1 N–H and O–H groups in total. The molecule has 6 heteroatoms. The average molecular weight is 330 g/mol. The highest BCUT2D eigenvalue weighted by atomic mass is 79.9. The molecule has 0 saturated carbocycles. The van der Waals surface area contributed by atoms with Gasteiger partial charge in [-0.25, -0.2) is 0 Å². The first-order valence-electron chi connectivity index (χ1n) is 5.65. The topological polar surface area (TPSA) is 42.7 Å². The number of halogens is 2. The van der Waals surface area contributed by atoms with Crippen molar-refractivity contribution in [1.82, 2.24) is 20.1 Å². The molecule has 2 rings (SSSR count). The van der Waals surface area contributed by atoms with Crippen molar-refractivity contribution in [3.63, 3.8) is 0 Å². The highest BCUT2D eigenvalue weighted by Gasteiger charge is 2.21. The fourth-order valence-electron chi connectivity index (χ4n) is 1.92. The second-order valence-corrected chi connectivity index (χ2v) is 5.15. The predicted molar refractivity (Wildman–Crippen MR) is 75.7 cm³/mol. The number of nitrogens with zero attached hydrogens (tertiary/aromatic N) is 3. The fourth-order valence-corrected chi connectivity index (χ4v) is 2.73. The molecule has 1 unspecified atom stereocenters. The van der Waals surface area contributed by atoms with Gasteiger partial charge < -0.3 is 5.32 Å². The van der Waals surface area contributed by atoms with Crippen LogP contribution in [0.3, 0.4) is 0 Å². The summed E-state index contributed by atoms with van der Waals surface area (Å²) in [5.41, 5.74) is 2.04. The second kappa shape index (κ2) is 5.82. The van der Waals surface area contributed by atoms with Crippen LogP contribution in [0.4, 0.5) is 0 Å². The van der Waals surface area contributed by atoms with Crippen LogP contribution < -0.4 is 5.32 Å². The van der Waals surface area contributed by atoms with Gasteiger partial charge >= 0.3 is 0 Å². The van der Waals surface area contributed by atoms with E-state index in [9.17, 15) is 0 Å². The third-order valence-electron chi connectivity index (χ3n) is 2.73.